The number of aliphatic carboxylic acids is 1. The predicted molar refractivity (Wildman–Crippen MR) is 86.4 cm³/mol. The van der Waals surface area contributed by atoms with E-state index in [0.717, 1.165) is 4.88 Å². The Labute approximate surface area is 141 Å². The highest BCUT2D eigenvalue weighted by atomic mass is 32.1. The quantitative estimate of drug-likeness (QED) is 0.844. The number of aromatic nitrogens is 2. The van der Waals surface area contributed by atoms with Crippen molar-refractivity contribution in [2.75, 3.05) is 12.4 Å². The van der Waals surface area contributed by atoms with Gasteiger partial charge in [-0.1, -0.05) is 6.07 Å². The summed E-state index contributed by atoms with van der Waals surface area (Å²) in [5.41, 5.74) is 0. The van der Waals surface area contributed by atoms with Crippen molar-refractivity contribution in [3.8, 4) is 0 Å². The van der Waals surface area contributed by atoms with Crippen LogP contribution in [0.2, 0.25) is 0 Å². The lowest BCUT2D eigenvalue weighted by Crippen LogP contribution is -2.29. The molecule has 2 amide bonds. The fraction of sp³-hybridized carbons (Fsp3) is 0.333. The van der Waals surface area contributed by atoms with Crippen LogP contribution in [-0.4, -0.2) is 44.6 Å². The Bertz CT molecular complexity index is 770. The zero-order valence-corrected chi connectivity index (χ0v) is 13.7. The Morgan fingerprint density at radius 3 is 2.92 bits per heavy atom. The standard InChI is InChI=1S/C15H16N4O4S/c1-18-12(20)7-9(14(18)10-3-2-6-24-10)15(23)16-11-4-5-19(17-11)8-13(21)22/h2-6,9,14H,7-8H2,1H3,(H,21,22)(H,16,17,23)/t9-,14-/m1/s1. The van der Waals surface area contributed by atoms with Crippen LogP contribution < -0.4 is 5.32 Å². The highest BCUT2D eigenvalue weighted by Crippen LogP contribution is 2.39. The molecule has 1 fully saturated rings. The van der Waals surface area contributed by atoms with E-state index in [1.807, 2.05) is 17.5 Å². The minimum Gasteiger partial charge on any atom is -0.480 e. The highest BCUT2D eigenvalue weighted by Gasteiger charge is 2.43. The number of carboxylic acids is 1. The molecule has 9 heteroatoms. The summed E-state index contributed by atoms with van der Waals surface area (Å²) in [4.78, 5) is 37.9. The van der Waals surface area contributed by atoms with Crippen molar-refractivity contribution in [1.29, 1.82) is 0 Å². The summed E-state index contributed by atoms with van der Waals surface area (Å²) in [5.74, 6) is -1.63. The molecule has 0 bridgehead atoms. The largest absolute Gasteiger partial charge is 0.480 e. The van der Waals surface area contributed by atoms with E-state index in [4.69, 9.17) is 5.11 Å². The van der Waals surface area contributed by atoms with Gasteiger partial charge in [0.2, 0.25) is 11.8 Å². The molecule has 3 rings (SSSR count). The van der Waals surface area contributed by atoms with Gasteiger partial charge < -0.3 is 15.3 Å². The number of rotatable bonds is 5. The maximum Gasteiger partial charge on any atom is 0.325 e. The zero-order chi connectivity index (χ0) is 17.3. The molecule has 126 valence electrons. The van der Waals surface area contributed by atoms with E-state index in [-0.39, 0.29) is 36.6 Å². The van der Waals surface area contributed by atoms with E-state index in [1.165, 1.54) is 28.3 Å². The van der Waals surface area contributed by atoms with Crippen LogP contribution in [0.4, 0.5) is 5.82 Å². The van der Waals surface area contributed by atoms with Crippen LogP contribution in [0, 0.1) is 5.92 Å². The highest BCUT2D eigenvalue weighted by molar-refractivity contribution is 7.10. The average molecular weight is 348 g/mol. The SMILES string of the molecule is CN1C(=O)C[C@@H](C(=O)Nc2ccn(CC(=O)O)n2)[C@@H]1c1cccs1. The molecule has 1 saturated heterocycles. The van der Waals surface area contributed by atoms with Gasteiger partial charge in [0.1, 0.15) is 6.54 Å². The molecule has 2 atom stereocenters. The minimum atomic E-state index is -1.02. The minimum absolute atomic E-state index is 0.0787. The van der Waals surface area contributed by atoms with E-state index in [0.29, 0.717) is 0 Å². The van der Waals surface area contributed by atoms with Crippen molar-refractivity contribution in [3.05, 3.63) is 34.7 Å². The summed E-state index contributed by atoms with van der Waals surface area (Å²) in [5, 5.41) is 17.3. The van der Waals surface area contributed by atoms with Gasteiger partial charge in [0.15, 0.2) is 5.82 Å². The fourth-order valence-electron chi connectivity index (χ4n) is 2.83. The molecule has 1 aliphatic rings. The molecular weight excluding hydrogens is 332 g/mol. The van der Waals surface area contributed by atoms with E-state index in [9.17, 15) is 14.4 Å². The van der Waals surface area contributed by atoms with Crippen molar-refractivity contribution < 1.29 is 19.5 Å². The summed E-state index contributed by atoms with van der Waals surface area (Å²) >= 11 is 1.51. The molecule has 0 spiro atoms. The van der Waals surface area contributed by atoms with Crippen molar-refractivity contribution in [1.82, 2.24) is 14.7 Å². The number of carboxylic acid groups (broad SMARTS) is 1. The van der Waals surface area contributed by atoms with Gasteiger partial charge in [-0.15, -0.1) is 11.3 Å². The molecule has 1 aliphatic heterocycles. The Kier molecular flexibility index (Phi) is 4.34. The van der Waals surface area contributed by atoms with Gasteiger partial charge >= 0.3 is 5.97 Å². The third-order valence-electron chi connectivity index (χ3n) is 3.95. The summed E-state index contributed by atoms with van der Waals surface area (Å²) in [6.45, 7) is -0.279. The lowest BCUT2D eigenvalue weighted by molar-refractivity contribution is -0.138. The Hall–Kier alpha value is -2.68. The van der Waals surface area contributed by atoms with Crippen LogP contribution >= 0.6 is 11.3 Å². The van der Waals surface area contributed by atoms with Crippen LogP contribution in [0.15, 0.2) is 29.8 Å². The second kappa shape index (κ2) is 6.44. The van der Waals surface area contributed by atoms with Crippen LogP contribution in [0.3, 0.4) is 0 Å². The predicted octanol–water partition coefficient (Wildman–Crippen LogP) is 1.19. The molecule has 2 aromatic heterocycles. The summed E-state index contributed by atoms with van der Waals surface area (Å²) < 4.78 is 1.22. The second-order valence-electron chi connectivity index (χ2n) is 5.56. The number of anilines is 1. The van der Waals surface area contributed by atoms with Crippen LogP contribution in [0.1, 0.15) is 17.3 Å². The summed E-state index contributed by atoms with van der Waals surface area (Å²) in [6.07, 6.45) is 1.62. The number of nitrogens with zero attached hydrogens (tertiary/aromatic N) is 3. The van der Waals surface area contributed by atoms with Crippen LogP contribution in [-0.2, 0) is 20.9 Å². The first-order valence-electron chi connectivity index (χ1n) is 7.31. The molecule has 2 N–H and O–H groups in total. The third kappa shape index (κ3) is 3.16. The van der Waals surface area contributed by atoms with Crippen molar-refractivity contribution in [2.45, 2.75) is 19.0 Å². The summed E-state index contributed by atoms with van der Waals surface area (Å²) in [7, 11) is 1.70. The number of carbonyl (C=O) groups excluding carboxylic acids is 2. The van der Waals surface area contributed by atoms with Gasteiger partial charge in [-0.2, -0.15) is 5.10 Å². The third-order valence-corrected chi connectivity index (χ3v) is 4.89. The van der Waals surface area contributed by atoms with Crippen molar-refractivity contribution in [2.24, 2.45) is 5.92 Å². The first kappa shape index (κ1) is 16.2. The molecule has 0 aliphatic carbocycles. The molecule has 2 aromatic rings. The molecule has 0 aromatic carbocycles. The zero-order valence-electron chi connectivity index (χ0n) is 12.9. The van der Waals surface area contributed by atoms with Crippen molar-refractivity contribution in [3.63, 3.8) is 0 Å². The number of carbonyl (C=O) groups is 3. The first-order valence-corrected chi connectivity index (χ1v) is 8.19. The lowest BCUT2D eigenvalue weighted by Gasteiger charge is -2.23. The van der Waals surface area contributed by atoms with E-state index in [1.54, 1.807) is 11.9 Å². The molecule has 8 nitrogen and oxygen atoms in total. The number of amides is 2. The molecule has 24 heavy (non-hydrogen) atoms. The van der Waals surface area contributed by atoms with Crippen LogP contribution in [0.5, 0.6) is 0 Å². The smallest absolute Gasteiger partial charge is 0.325 e. The fourth-order valence-corrected chi connectivity index (χ4v) is 3.76. The van der Waals surface area contributed by atoms with Gasteiger partial charge in [0.05, 0.1) is 12.0 Å². The summed E-state index contributed by atoms with van der Waals surface area (Å²) in [6, 6.07) is 5.03. The normalized spacial score (nSPS) is 20.4. The number of likely N-dealkylation sites (tertiary alicyclic amines) is 1. The number of hydrogen-bond donors (Lipinski definition) is 2. The average Bonchev–Trinajstić information content (AvgIpc) is 3.22. The Morgan fingerprint density at radius 1 is 1.46 bits per heavy atom. The van der Waals surface area contributed by atoms with E-state index >= 15 is 0 Å². The number of thiophene rings is 1. The molecule has 0 saturated carbocycles. The monoisotopic (exact) mass is 348 g/mol. The lowest BCUT2D eigenvalue weighted by atomic mass is 9.98. The van der Waals surface area contributed by atoms with Gasteiger partial charge in [-0.25, -0.2) is 0 Å². The molecule has 3 heterocycles. The van der Waals surface area contributed by atoms with Crippen molar-refractivity contribution >= 4 is 34.9 Å². The molecule has 0 radical (unpaired) electrons. The second-order valence-corrected chi connectivity index (χ2v) is 6.54. The number of hydrogen-bond acceptors (Lipinski definition) is 5. The number of nitrogens with one attached hydrogen (secondary N) is 1. The molecule has 0 unspecified atom stereocenters. The van der Waals surface area contributed by atoms with Crippen LogP contribution in [0.25, 0.3) is 0 Å². The molecular formula is C15H16N4O4S. The Morgan fingerprint density at radius 2 is 2.25 bits per heavy atom. The van der Waals surface area contributed by atoms with E-state index < -0.39 is 11.9 Å². The van der Waals surface area contributed by atoms with Gasteiger partial charge in [0, 0.05) is 30.6 Å². The van der Waals surface area contributed by atoms with E-state index in [2.05, 4.69) is 10.4 Å². The maximum atomic E-state index is 12.6. The first-order chi connectivity index (χ1) is 11.5. The van der Waals surface area contributed by atoms with Gasteiger partial charge in [-0.05, 0) is 11.4 Å². The topological polar surface area (TPSA) is 105 Å². The van der Waals surface area contributed by atoms with Gasteiger partial charge in [0.25, 0.3) is 0 Å². The maximum absolute atomic E-state index is 12.6. The Balaban J connectivity index is 1.75. The van der Waals surface area contributed by atoms with Gasteiger partial charge in [-0.3, -0.25) is 19.1 Å².